The van der Waals surface area contributed by atoms with Gasteiger partial charge in [0.15, 0.2) is 17.3 Å². The zero-order valence-electron chi connectivity index (χ0n) is 13.2. The summed E-state index contributed by atoms with van der Waals surface area (Å²) in [6, 6.07) is 11.3. The fourth-order valence-corrected chi connectivity index (χ4v) is 3.40. The van der Waals surface area contributed by atoms with E-state index in [1.807, 2.05) is 0 Å². The summed E-state index contributed by atoms with van der Waals surface area (Å²) in [5.41, 5.74) is 2.46. The number of rotatable bonds is 5. The first-order chi connectivity index (χ1) is 11.3. The number of carbonyl (C=O) groups is 1. The smallest absolute Gasteiger partial charge is 0.240 e. The van der Waals surface area contributed by atoms with Crippen LogP contribution in [0.2, 0.25) is 0 Å². The lowest BCUT2D eigenvalue weighted by Crippen LogP contribution is -2.23. The molecule has 0 aliphatic carbocycles. The summed E-state index contributed by atoms with van der Waals surface area (Å²) in [5, 5.41) is 0. The van der Waals surface area contributed by atoms with Gasteiger partial charge in [-0.1, -0.05) is 18.2 Å². The van der Waals surface area contributed by atoms with Gasteiger partial charge >= 0.3 is 0 Å². The zero-order valence-corrected chi connectivity index (χ0v) is 14.1. The van der Waals surface area contributed by atoms with E-state index in [9.17, 15) is 13.2 Å². The van der Waals surface area contributed by atoms with Crippen LogP contribution in [0.1, 0.15) is 28.7 Å². The van der Waals surface area contributed by atoms with Crippen molar-refractivity contribution in [2.24, 2.45) is 0 Å². The molecule has 0 unspecified atom stereocenters. The van der Waals surface area contributed by atoms with Crippen LogP contribution in [0.15, 0.2) is 51.8 Å². The molecule has 24 heavy (non-hydrogen) atoms. The Morgan fingerprint density at radius 2 is 2.00 bits per heavy atom. The first-order valence-corrected chi connectivity index (χ1v) is 8.80. The lowest BCUT2D eigenvalue weighted by molar-refractivity contribution is 0.101. The normalized spacial score (nSPS) is 11.8. The van der Waals surface area contributed by atoms with Crippen LogP contribution in [-0.2, 0) is 16.6 Å². The van der Waals surface area contributed by atoms with Gasteiger partial charge < -0.3 is 4.42 Å². The quantitative estimate of drug-likeness (QED) is 0.719. The minimum atomic E-state index is -3.71. The first kappa shape index (κ1) is 16.4. The number of carbonyl (C=O) groups excluding carboxylic acids is 1. The van der Waals surface area contributed by atoms with Crippen LogP contribution in [0.4, 0.5) is 0 Å². The topological polar surface area (TPSA) is 89.3 Å². The number of oxazole rings is 1. The van der Waals surface area contributed by atoms with Crippen LogP contribution in [0.5, 0.6) is 0 Å². The molecule has 0 fully saturated rings. The SMILES string of the molecule is CC(=O)c1cccc(S(=O)(=O)NCc2ccc3nc(C)oc3c2)c1. The number of nitrogens with zero attached hydrogens (tertiary/aromatic N) is 1. The monoisotopic (exact) mass is 344 g/mol. The molecular formula is C17H16N2O4S. The van der Waals surface area contributed by atoms with Crippen LogP contribution in [0.25, 0.3) is 11.1 Å². The van der Waals surface area contributed by atoms with Gasteiger partial charge in [0.1, 0.15) is 5.52 Å². The summed E-state index contributed by atoms with van der Waals surface area (Å²) in [6.45, 7) is 3.26. The maximum atomic E-state index is 12.4. The van der Waals surface area contributed by atoms with Crippen molar-refractivity contribution in [3.05, 3.63) is 59.5 Å². The molecule has 3 rings (SSSR count). The van der Waals surface area contributed by atoms with Crippen LogP contribution < -0.4 is 4.72 Å². The second-order valence-electron chi connectivity index (χ2n) is 5.44. The van der Waals surface area contributed by atoms with Gasteiger partial charge in [0.2, 0.25) is 10.0 Å². The number of fused-ring (bicyclic) bond motifs is 1. The molecular weight excluding hydrogens is 328 g/mol. The van der Waals surface area contributed by atoms with E-state index in [0.717, 1.165) is 11.1 Å². The van der Waals surface area contributed by atoms with Crippen LogP contribution >= 0.6 is 0 Å². The average Bonchev–Trinajstić information content (AvgIpc) is 2.92. The zero-order chi connectivity index (χ0) is 17.3. The number of benzene rings is 2. The summed E-state index contributed by atoms with van der Waals surface area (Å²) in [6.07, 6.45) is 0. The number of sulfonamides is 1. The summed E-state index contributed by atoms with van der Waals surface area (Å²) < 4.78 is 32.7. The van der Waals surface area contributed by atoms with E-state index in [4.69, 9.17) is 4.42 Å². The minimum Gasteiger partial charge on any atom is -0.441 e. The fourth-order valence-electron chi connectivity index (χ4n) is 2.34. The number of hydrogen-bond donors (Lipinski definition) is 1. The van der Waals surface area contributed by atoms with Gasteiger partial charge in [0.25, 0.3) is 0 Å². The predicted molar refractivity (Wildman–Crippen MR) is 89.2 cm³/mol. The Balaban J connectivity index is 1.81. The van der Waals surface area contributed by atoms with Crippen LogP contribution in [0, 0.1) is 6.92 Å². The molecule has 0 radical (unpaired) electrons. The maximum Gasteiger partial charge on any atom is 0.240 e. The molecule has 124 valence electrons. The molecule has 6 nitrogen and oxygen atoms in total. The number of aryl methyl sites for hydroxylation is 1. The first-order valence-electron chi connectivity index (χ1n) is 7.32. The van der Waals surface area contributed by atoms with Gasteiger partial charge in [-0.05, 0) is 36.8 Å². The van der Waals surface area contributed by atoms with E-state index in [1.165, 1.54) is 19.1 Å². The Labute approximate surface area is 139 Å². The van der Waals surface area contributed by atoms with Gasteiger partial charge in [-0.15, -0.1) is 0 Å². The van der Waals surface area contributed by atoms with Crippen LogP contribution in [0.3, 0.4) is 0 Å². The lowest BCUT2D eigenvalue weighted by Gasteiger charge is -2.08. The Morgan fingerprint density at radius 1 is 1.21 bits per heavy atom. The number of Topliss-reactive ketones (excluding diaryl/α,β-unsaturated/α-hetero) is 1. The third-order valence-electron chi connectivity index (χ3n) is 3.58. The molecule has 0 aliphatic rings. The summed E-state index contributed by atoms with van der Waals surface area (Å²) in [5.74, 6) is 0.377. The summed E-state index contributed by atoms with van der Waals surface area (Å²) >= 11 is 0. The third-order valence-corrected chi connectivity index (χ3v) is 4.98. The Morgan fingerprint density at radius 3 is 2.75 bits per heavy atom. The van der Waals surface area contributed by atoms with E-state index >= 15 is 0 Å². The van der Waals surface area contributed by atoms with E-state index in [-0.39, 0.29) is 17.2 Å². The molecule has 1 aromatic heterocycles. The van der Waals surface area contributed by atoms with Crippen molar-refractivity contribution < 1.29 is 17.6 Å². The summed E-state index contributed by atoms with van der Waals surface area (Å²) in [7, 11) is -3.71. The van der Waals surface area contributed by atoms with Gasteiger partial charge in [0, 0.05) is 19.0 Å². The molecule has 0 spiro atoms. The molecule has 0 bridgehead atoms. The molecule has 1 heterocycles. The average molecular weight is 344 g/mol. The highest BCUT2D eigenvalue weighted by atomic mass is 32.2. The number of aromatic nitrogens is 1. The van der Waals surface area contributed by atoms with Crippen molar-refractivity contribution in [1.82, 2.24) is 9.71 Å². The molecule has 0 amide bonds. The second-order valence-corrected chi connectivity index (χ2v) is 7.21. The van der Waals surface area contributed by atoms with Gasteiger partial charge in [-0.3, -0.25) is 4.79 Å². The van der Waals surface area contributed by atoms with Crippen molar-refractivity contribution in [3.63, 3.8) is 0 Å². The number of ketones is 1. The maximum absolute atomic E-state index is 12.4. The molecule has 1 N–H and O–H groups in total. The van der Waals surface area contributed by atoms with Crippen LogP contribution in [-0.4, -0.2) is 19.2 Å². The van der Waals surface area contributed by atoms with E-state index < -0.39 is 10.0 Å². The minimum absolute atomic E-state index is 0.0618. The molecule has 3 aromatic rings. The van der Waals surface area contributed by atoms with Crippen molar-refractivity contribution in [2.75, 3.05) is 0 Å². The molecule has 0 saturated carbocycles. The highest BCUT2D eigenvalue weighted by molar-refractivity contribution is 7.89. The number of hydrogen-bond acceptors (Lipinski definition) is 5. The molecule has 0 aliphatic heterocycles. The highest BCUT2D eigenvalue weighted by Crippen LogP contribution is 2.18. The van der Waals surface area contributed by atoms with E-state index in [2.05, 4.69) is 9.71 Å². The van der Waals surface area contributed by atoms with Gasteiger partial charge in [-0.2, -0.15) is 0 Å². The van der Waals surface area contributed by atoms with E-state index in [0.29, 0.717) is 17.0 Å². The molecule has 2 aromatic carbocycles. The van der Waals surface area contributed by atoms with Crippen molar-refractivity contribution in [1.29, 1.82) is 0 Å². The van der Waals surface area contributed by atoms with Gasteiger partial charge in [-0.25, -0.2) is 18.1 Å². The number of nitrogens with one attached hydrogen (secondary N) is 1. The molecule has 0 saturated heterocycles. The predicted octanol–water partition coefficient (Wildman–Crippen LogP) is 2.82. The third kappa shape index (κ3) is 3.37. The summed E-state index contributed by atoms with van der Waals surface area (Å²) in [4.78, 5) is 15.7. The van der Waals surface area contributed by atoms with Crippen molar-refractivity contribution in [2.45, 2.75) is 25.3 Å². The Kier molecular flexibility index (Phi) is 4.21. The van der Waals surface area contributed by atoms with Gasteiger partial charge in [0.05, 0.1) is 4.90 Å². The second kappa shape index (κ2) is 6.18. The molecule has 7 heteroatoms. The van der Waals surface area contributed by atoms with Crippen molar-refractivity contribution >= 4 is 26.9 Å². The standard InChI is InChI=1S/C17H16N2O4S/c1-11(20)14-4-3-5-15(9-14)24(21,22)18-10-13-6-7-16-17(8-13)23-12(2)19-16/h3-9,18H,10H2,1-2H3. The largest absolute Gasteiger partial charge is 0.441 e. The molecule has 0 atom stereocenters. The fraction of sp³-hybridized carbons (Fsp3) is 0.176. The van der Waals surface area contributed by atoms with Crippen molar-refractivity contribution in [3.8, 4) is 0 Å². The Hall–Kier alpha value is -2.51. The Bertz CT molecular complexity index is 1020. The lowest BCUT2D eigenvalue weighted by atomic mass is 10.2. The van der Waals surface area contributed by atoms with E-state index in [1.54, 1.807) is 37.3 Å². The highest BCUT2D eigenvalue weighted by Gasteiger charge is 2.15.